The Hall–Kier alpha value is -1.22. The van der Waals surface area contributed by atoms with Crippen molar-refractivity contribution >= 4 is 22.6 Å². The van der Waals surface area contributed by atoms with Crippen molar-refractivity contribution < 1.29 is 4.74 Å². The van der Waals surface area contributed by atoms with Gasteiger partial charge in [-0.05, 0) is 31.9 Å². The molecule has 1 aromatic carbocycles. The number of aromatic nitrogens is 2. The molecule has 0 aliphatic heterocycles. The number of halogens is 1. The molecule has 1 atom stereocenters. The van der Waals surface area contributed by atoms with Crippen LogP contribution in [0.3, 0.4) is 0 Å². The molecule has 1 aromatic heterocycles. The Morgan fingerprint density at radius 1 is 1.32 bits per heavy atom. The molecule has 0 radical (unpaired) electrons. The second-order valence-corrected chi connectivity index (χ2v) is 5.41. The predicted octanol–water partition coefficient (Wildman–Crippen LogP) is 4.71. The molecule has 0 spiro atoms. The highest BCUT2D eigenvalue weighted by Gasteiger charge is 2.21. The zero-order valence-electron chi connectivity index (χ0n) is 12.0. The van der Waals surface area contributed by atoms with Gasteiger partial charge in [0.1, 0.15) is 17.1 Å². The number of hydrogen-bond donors (Lipinski definition) is 0. The average Bonchev–Trinajstić information content (AvgIpc) is 2.80. The quantitative estimate of drug-likeness (QED) is 0.742. The van der Waals surface area contributed by atoms with Crippen molar-refractivity contribution in [2.45, 2.75) is 45.0 Å². The number of fused-ring (bicyclic) bond motifs is 1. The van der Waals surface area contributed by atoms with Crippen LogP contribution < -0.4 is 4.74 Å². The van der Waals surface area contributed by atoms with Gasteiger partial charge in [-0.2, -0.15) is 0 Å². The lowest BCUT2D eigenvalue weighted by molar-refractivity contribution is 0.419. The maximum Gasteiger partial charge on any atom is 0.146 e. The first-order valence-electron chi connectivity index (χ1n) is 6.82. The molecule has 3 nitrogen and oxygen atoms in total. The van der Waals surface area contributed by atoms with Gasteiger partial charge in [0.15, 0.2) is 0 Å². The van der Waals surface area contributed by atoms with E-state index in [4.69, 9.17) is 21.3 Å². The monoisotopic (exact) mass is 280 g/mol. The molecule has 104 valence electrons. The highest BCUT2D eigenvalue weighted by atomic mass is 35.5. The number of hydrogen-bond acceptors (Lipinski definition) is 2. The second kappa shape index (κ2) is 5.83. The zero-order valence-corrected chi connectivity index (χ0v) is 12.7. The van der Waals surface area contributed by atoms with Crippen LogP contribution in [0.1, 0.15) is 50.9 Å². The molecule has 0 bridgehead atoms. The third-order valence-electron chi connectivity index (χ3n) is 3.59. The summed E-state index contributed by atoms with van der Waals surface area (Å²) in [4.78, 5) is 4.71. The molecule has 0 fully saturated rings. The van der Waals surface area contributed by atoms with E-state index in [1.165, 1.54) is 0 Å². The van der Waals surface area contributed by atoms with Gasteiger partial charge in [-0.3, -0.25) is 0 Å². The Morgan fingerprint density at radius 2 is 2.00 bits per heavy atom. The molecule has 19 heavy (non-hydrogen) atoms. The van der Waals surface area contributed by atoms with E-state index in [2.05, 4.69) is 24.5 Å². The molecular formula is C15H21ClN2O. The lowest BCUT2D eigenvalue weighted by Crippen LogP contribution is -2.11. The topological polar surface area (TPSA) is 27.1 Å². The van der Waals surface area contributed by atoms with E-state index < -0.39 is 0 Å². The molecule has 1 unspecified atom stereocenters. The summed E-state index contributed by atoms with van der Waals surface area (Å²) in [6.45, 7) is 6.36. The normalized spacial score (nSPS) is 13.2. The molecule has 2 aromatic rings. The van der Waals surface area contributed by atoms with Crippen LogP contribution in [0.25, 0.3) is 11.0 Å². The van der Waals surface area contributed by atoms with Crippen LogP contribution in [-0.4, -0.2) is 16.7 Å². The van der Waals surface area contributed by atoms with Crippen molar-refractivity contribution in [3.8, 4) is 5.75 Å². The SMILES string of the molecule is CCC(CC)n1c(C(C)Cl)nc2c(OC)cccc21. The molecule has 0 aliphatic rings. The predicted molar refractivity (Wildman–Crippen MR) is 80.2 cm³/mol. The molecule has 0 saturated heterocycles. The fourth-order valence-corrected chi connectivity index (χ4v) is 2.75. The number of imidazole rings is 1. The summed E-state index contributed by atoms with van der Waals surface area (Å²) in [5.74, 6) is 1.73. The molecule has 4 heteroatoms. The van der Waals surface area contributed by atoms with Gasteiger partial charge < -0.3 is 9.30 Å². The Balaban J connectivity index is 2.74. The van der Waals surface area contributed by atoms with Gasteiger partial charge in [-0.1, -0.05) is 19.9 Å². The summed E-state index contributed by atoms with van der Waals surface area (Å²) in [6.07, 6.45) is 2.13. The van der Waals surface area contributed by atoms with Gasteiger partial charge in [0.25, 0.3) is 0 Å². The van der Waals surface area contributed by atoms with Crippen LogP contribution in [0.4, 0.5) is 0 Å². The first-order chi connectivity index (χ1) is 9.13. The minimum Gasteiger partial charge on any atom is -0.494 e. The minimum atomic E-state index is -0.113. The number of rotatable bonds is 5. The van der Waals surface area contributed by atoms with Crippen LogP contribution >= 0.6 is 11.6 Å². The van der Waals surface area contributed by atoms with Crippen molar-refractivity contribution in [3.63, 3.8) is 0 Å². The van der Waals surface area contributed by atoms with Crippen molar-refractivity contribution in [1.29, 1.82) is 0 Å². The first-order valence-corrected chi connectivity index (χ1v) is 7.26. The van der Waals surface area contributed by atoms with E-state index in [-0.39, 0.29) is 5.38 Å². The van der Waals surface area contributed by atoms with Gasteiger partial charge in [0, 0.05) is 6.04 Å². The maximum absolute atomic E-state index is 6.31. The van der Waals surface area contributed by atoms with Crippen molar-refractivity contribution in [3.05, 3.63) is 24.0 Å². The number of ether oxygens (including phenoxy) is 1. The fraction of sp³-hybridized carbons (Fsp3) is 0.533. The molecule has 0 amide bonds. The lowest BCUT2D eigenvalue weighted by atomic mass is 10.1. The Labute approximate surface area is 119 Å². The van der Waals surface area contributed by atoms with Crippen molar-refractivity contribution in [1.82, 2.24) is 9.55 Å². The van der Waals surface area contributed by atoms with Crippen molar-refractivity contribution in [2.75, 3.05) is 7.11 Å². The highest BCUT2D eigenvalue weighted by Crippen LogP contribution is 2.34. The smallest absolute Gasteiger partial charge is 0.146 e. The van der Waals surface area contributed by atoms with E-state index in [0.29, 0.717) is 6.04 Å². The highest BCUT2D eigenvalue weighted by molar-refractivity contribution is 6.20. The van der Waals surface area contributed by atoms with Gasteiger partial charge >= 0.3 is 0 Å². The molecule has 0 aliphatic carbocycles. The Kier molecular flexibility index (Phi) is 4.35. The van der Waals surface area contributed by atoms with Gasteiger partial charge in [0.2, 0.25) is 0 Å². The Bertz CT molecular complexity index is 559. The standard InChI is InChI=1S/C15H21ClN2O/c1-5-11(6-2)18-12-8-7-9-13(19-4)14(12)17-15(18)10(3)16/h7-11H,5-6H2,1-4H3. The van der Waals surface area contributed by atoms with Crippen LogP contribution in [0.15, 0.2) is 18.2 Å². The van der Waals surface area contributed by atoms with Crippen LogP contribution in [0.2, 0.25) is 0 Å². The number of alkyl halides is 1. The summed E-state index contributed by atoms with van der Waals surface area (Å²) in [7, 11) is 1.68. The summed E-state index contributed by atoms with van der Waals surface area (Å²) in [6, 6.07) is 6.46. The maximum atomic E-state index is 6.31. The average molecular weight is 281 g/mol. The second-order valence-electron chi connectivity index (χ2n) is 4.75. The van der Waals surface area contributed by atoms with Crippen molar-refractivity contribution in [2.24, 2.45) is 0 Å². The van der Waals surface area contributed by atoms with E-state index >= 15 is 0 Å². The first kappa shape index (κ1) is 14.2. The number of nitrogens with zero attached hydrogens (tertiary/aromatic N) is 2. The molecular weight excluding hydrogens is 260 g/mol. The van der Waals surface area contributed by atoms with E-state index in [1.54, 1.807) is 7.11 Å². The third-order valence-corrected chi connectivity index (χ3v) is 3.79. The number of benzene rings is 1. The van der Waals surface area contributed by atoms with E-state index in [9.17, 15) is 0 Å². The summed E-state index contributed by atoms with van der Waals surface area (Å²) in [5.41, 5.74) is 2.01. The fourth-order valence-electron chi connectivity index (χ4n) is 2.59. The summed E-state index contributed by atoms with van der Waals surface area (Å²) < 4.78 is 7.68. The Morgan fingerprint density at radius 3 is 2.53 bits per heavy atom. The number of para-hydroxylation sites is 1. The van der Waals surface area contributed by atoms with Gasteiger partial charge in [-0.25, -0.2) is 4.98 Å². The third kappa shape index (κ3) is 2.44. The minimum absolute atomic E-state index is 0.113. The van der Waals surface area contributed by atoms with Gasteiger partial charge in [0.05, 0.1) is 18.0 Å². The molecule has 1 heterocycles. The summed E-state index contributed by atoms with van der Waals surface area (Å²) in [5, 5.41) is -0.113. The number of methoxy groups -OCH3 is 1. The van der Waals surface area contributed by atoms with Crippen LogP contribution in [0, 0.1) is 0 Å². The van der Waals surface area contributed by atoms with Gasteiger partial charge in [-0.15, -0.1) is 11.6 Å². The lowest BCUT2D eigenvalue weighted by Gasteiger charge is -2.19. The van der Waals surface area contributed by atoms with Crippen LogP contribution in [-0.2, 0) is 0 Å². The zero-order chi connectivity index (χ0) is 14.0. The van der Waals surface area contributed by atoms with E-state index in [0.717, 1.165) is 35.4 Å². The summed E-state index contributed by atoms with van der Waals surface area (Å²) >= 11 is 6.31. The molecule has 2 rings (SSSR count). The molecule has 0 saturated carbocycles. The largest absolute Gasteiger partial charge is 0.494 e. The molecule has 0 N–H and O–H groups in total. The van der Waals surface area contributed by atoms with E-state index in [1.807, 2.05) is 19.1 Å². The van der Waals surface area contributed by atoms with Crippen LogP contribution in [0.5, 0.6) is 5.75 Å².